The minimum absolute atomic E-state index is 0.000861. The standard InChI is InChI=1S/C14H19ClO3/c1-8(2)18-12-6-9(3)14(15)10(4)13(12)11(16)7-17-5/h6,8H,7H2,1-5H3. The van der Waals surface area contributed by atoms with Gasteiger partial charge < -0.3 is 9.47 Å². The van der Waals surface area contributed by atoms with Crippen LogP contribution in [0, 0.1) is 13.8 Å². The lowest BCUT2D eigenvalue weighted by Gasteiger charge is -2.17. The van der Waals surface area contributed by atoms with Crippen LogP contribution in [-0.4, -0.2) is 25.6 Å². The van der Waals surface area contributed by atoms with Gasteiger partial charge in [0, 0.05) is 12.1 Å². The molecule has 0 unspecified atom stereocenters. The van der Waals surface area contributed by atoms with Gasteiger partial charge in [-0.3, -0.25) is 4.79 Å². The van der Waals surface area contributed by atoms with E-state index in [9.17, 15) is 4.79 Å². The largest absolute Gasteiger partial charge is 0.490 e. The number of hydrogen-bond acceptors (Lipinski definition) is 3. The second-order valence-electron chi connectivity index (χ2n) is 4.53. The molecule has 0 fully saturated rings. The molecule has 0 saturated heterocycles. The highest BCUT2D eigenvalue weighted by Gasteiger charge is 2.20. The van der Waals surface area contributed by atoms with Gasteiger partial charge in [-0.05, 0) is 44.9 Å². The van der Waals surface area contributed by atoms with Crippen molar-refractivity contribution in [3.63, 3.8) is 0 Å². The number of ketones is 1. The minimum atomic E-state index is -0.118. The molecular formula is C14H19ClO3. The van der Waals surface area contributed by atoms with E-state index in [1.54, 1.807) is 6.07 Å². The fraction of sp³-hybridized carbons (Fsp3) is 0.500. The number of carbonyl (C=O) groups excluding carboxylic acids is 1. The minimum Gasteiger partial charge on any atom is -0.490 e. The van der Waals surface area contributed by atoms with Crippen molar-refractivity contribution in [1.29, 1.82) is 0 Å². The number of carbonyl (C=O) groups is 1. The molecule has 0 aromatic heterocycles. The van der Waals surface area contributed by atoms with E-state index in [0.29, 0.717) is 16.3 Å². The third-order valence-electron chi connectivity index (χ3n) is 2.56. The van der Waals surface area contributed by atoms with Crippen LogP contribution in [0.1, 0.15) is 35.3 Å². The fourth-order valence-electron chi connectivity index (χ4n) is 1.82. The second kappa shape index (κ2) is 6.21. The summed E-state index contributed by atoms with van der Waals surface area (Å²) in [6.45, 7) is 7.58. The van der Waals surface area contributed by atoms with Crippen molar-refractivity contribution < 1.29 is 14.3 Å². The molecule has 0 aliphatic heterocycles. The average Bonchev–Trinajstić information content (AvgIpc) is 2.25. The predicted molar refractivity (Wildman–Crippen MR) is 72.9 cm³/mol. The molecular weight excluding hydrogens is 252 g/mol. The topological polar surface area (TPSA) is 35.5 Å². The highest BCUT2D eigenvalue weighted by Crippen LogP contribution is 2.32. The maximum atomic E-state index is 12.1. The SMILES string of the molecule is COCC(=O)c1c(OC(C)C)cc(C)c(Cl)c1C. The molecule has 0 aliphatic carbocycles. The van der Waals surface area contributed by atoms with Gasteiger partial charge in [-0.25, -0.2) is 0 Å². The highest BCUT2D eigenvalue weighted by atomic mass is 35.5. The molecule has 0 N–H and O–H groups in total. The fourth-order valence-corrected chi connectivity index (χ4v) is 1.97. The lowest BCUT2D eigenvalue weighted by Crippen LogP contribution is -2.15. The molecule has 0 atom stereocenters. The summed E-state index contributed by atoms with van der Waals surface area (Å²) in [5.74, 6) is 0.457. The van der Waals surface area contributed by atoms with Crippen LogP contribution in [0.2, 0.25) is 5.02 Å². The summed E-state index contributed by atoms with van der Waals surface area (Å²) in [7, 11) is 1.49. The zero-order chi connectivity index (χ0) is 13.9. The molecule has 1 rings (SSSR count). The molecule has 18 heavy (non-hydrogen) atoms. The summed E-state index contributed by atoms with van der Waals surface area (Å²) in [5, 5.41) is 0.602. The van der Waals surface area contributed by atoms with Gasteiger partial charge in [-0.15, -0.1) is 0 Å². The molecule has 100 valence electrons. The molecule has 1 aromatic carbocycles. The maximum Gasteiger partial charge on any atom is 0.192 e. The molecule has 4 heteroatoms. The molecule has 3 nitrogen and oxygen atoms in total. The molecule has 0 heterocycles. The number of hydrogen-bond donors (Lipinski definition) is 0. The number of rotatable bonds is 5. The zero-order valence-corrected chi connectivity index (χ0v) is 12.2. The maximum absolute atomic E-state index is 12.1. The van der Waals surface area contributed by atoms with E-state index in [1.807, 2.05) is 27.7 Å². The van der Waals surface area contributed by atoms with Crippen molar-refractivity contribution in [2.45, 2.75) is 33.8 Å². The van der Waals surface area contributed by atoms with Crippen LogP contribution >= 0.6 is 11.6 Å². The van der Waals surface area contributed by atoms with E-state index in [1.165, 1.54) is 7.11 Å². The predicted octanol–water partition coefficient (Wildman–Crippen LogP) is 3.57. The first-order valence-electron chi connectivity index (χ1n) is 5.87. The van der Waals surface area contributed by atoms with Gasteiger partial charge in [-0.2, -0.15) is 0 Å². The third-order valence-corrected chi connectivity index (χ3v) is 3.14. The van der Waals surface area contributed by atoms with Crippen LogP contribution in [-0.2, 0) is 4.74 Å². The van der Waals surface area contributed by atoms with Crippen LogP contribution in [0.15, 0.2) is 6.07 Å². The van der Waals surface area contributed by atoms with Gasteiger partial charge in [0.15, 0.2) is 5.78 Å². The van der Waals surface area contributed by atoms with Gasteiger partial charge in [0.05, 0.1) is 11.7 Å². The number of Topliss-reactive ketones (excluding diaryl/α,β-unsaturated/α-hetero) is 1. The lowest BCUT2D eigenvalue weighted by atomic mass is 10.0. The van der Waals surface area contributed by atoms with Crippen LogP contribution in [0.3, 0.4) is 0 Å². The summed E-state index contributed by atoms with van der Waals surface area (Å²) >= 11 is 6.19. The molecule has 0 bridgehead atoms. The number of benzene rings is 1. The van der Waals surface area contributed by atoms with Gasteiger partial charge in [0.2, 0.25) is 0 Å². The van der Waals surface area contributed by atoms with Crippen molar-refractivity contribution in [2.24, 2.45) is 0 Å². The second-order valence-corrected chi connectivity index (χ2v) is 4.91. The van der Waals surface area contributed by atoms with Crippen LogP contribution in [0.5, 0.6) is 5.75 Å². The summed E-state index contributed by atoms with van der Waals surface area (Å²) in [5.41, 5.74) is 2.16. The van der Waals surface area contributed by atoms with Gasteiger partial charge in [0.1, 0.15) is 12.4 Å². The Kier molecular flexibility index (Phi) is 5.17. The van der Waals surface area contributed by atoms with Gasteiger partial charge in [-0.1, -0.05) is 11.6 Å². The molecule has 0 amide bonds. The van der Waals surface area contributed by atoms with E-state index in [-0.39, 0.29) is 18.5 Å². The quantitative estimate of drug-likeness (QED) is 0.768. The summed E-state index contributed by atoms with van der Waals surface area (Å²) in [6, 6.07) is 1.80. The van der Waals surface area contributed by atoms with E-state index < -0.39 is 0 Å². The Morgan fingerprint density at radius 1 is 1.39 bits per heavy atom. The Morgan fingerprint density at radius 2 is 2.00 bits per heavy atom. The van der Waals surface area contributed by atoms with Crippen molar-refractivity contribution >= 4 is 17.4 Å². The van der Waals surface area contributed by atoms with Gasteiger partial charge in [0.25, 0.3) is 0 Å². The molecule has 0 radical (unpaired) electrons. The average molecular weight is 271 g/mol. The van der Waals surface area contributed by atoms with Crippen molar-refractivity contribution in [1.82, 2.24) is 0 Å². The zero-order valence-electron chi connectivity index (χ0n) is 11.5. The number of ether oxygens (including phenoxy) is 2. The monoisotopic (exact) mass is 270 g/mol. The molecule has 0 aliphatic rings. The van der Waals surface area contributed by atoms with E-state index in [0.717, 1.165) is 11.1 Å². The summed E-state index contributed by atoms with van der Waals surface area (Å²) in [6.07, 6.45) is -0.000861. The Morgan fingerprint density at radius 3 is 2.50 bits per heavy atom. The van der Waals surface area contributed by atoms with Crippen LogP contribution in [0.25, 0.3) is 0 Å². The normalized spacial score (nSPS) is 10.8. The first-order valence-corrected chi connectivity index (χ1v) is 6.24. The summed E-state index contributed by atoms with van der Waals surface area (Å²) < 4.78 is 10.6. The third kappa shape index (κ3) is 3.24. The number of halogens is 1. The number of methoxy groups -OCH3 is 1. The Labute approximate surface area is 113 Å². The Hall–Kier alpha value is -1.06. The van der Waals surface area contributed by atoms with E-state index in [2.05, 4.69) is 0 Å². The smallest absolute Gasteiger partial charge is 0.192 e. The summed E-state index contributed by atoms with van der Waals surface area (Å²) in [4.78, 5) is 12.1. The molecule has 0 spiro atoms. The lowest BCUT2D eigenvalue weighted by molar-refractivity contribution is 0.0841. The Bertz CT molecular complexity index is 453. The Balaban J connectivity index is 3.34. The van der Waals surface area contributed by atoms with Crippen molar-refractivity contribution in [3.8, 4) is 5.75 Å². The van der Waals surface area contributed by atoms with E-state index in [4.69, 9.17) is 21.1 Å². The van der Waals surface area contributed by atoms with Crippen LogP contribution in [0.4, 0.5) is 0 Å². The van der Waals surface area contributed by atoms with Crippen molar-refractivity contribution in [2.75, 3.05) is 13.7 Å². The van der Waals surface area contributed by atoms with Gasteiger partial charge >= 0.3 is 0 Å². The van der Waals surface area contributed by atoms with Crippen LogP contribution < -0.4 is 4.74 Å². The highest BCUT2D eigenvalue weighted by molar-refractivity contribution is 6.32. The molecule has 1 aromatic rings. The first-order chi connectivity index (χ1) is 8.38. The number of aryl methyl sites for hydroxylation is 1. The molecule has 0 saturated carbocycles. The van der Waals surface area contributed by atoms with E-state index >= 15 is 0 Å². The first kappa shape index (κ1) is 15.0. The van der Waals surface area contributed by atoms with Crippen molar-refractivity contribution in [3.05, 3.63) is 27.8 Å².